The van der Waals surface area contributed by atoms with Crippen LogP contribution >= 0.6 is 11.3 Å². The zero-order chi connectivity index (χ0) is 24.9. The number of amides is 2. The number of anilines is 1. The van der Waals surface area contributed by atoms with Gasteiger partial charge < -0.3 is 20.8 Å². The van der Waals surface area contributed by atoms with Crippen LogP contribution in [0.15, 0.2) is 23.6 Å². The number of nitrogens with zero attached hydrogens (tertiary/aromatic N) is 1. The van der Waals surface area contributed by atoms with Crippen LogP contribution in [0.2, 0.25) is 0 Å². The Hall–Kier alpha value is -2.68. The third-order valence-electron chi connectivity index (χ3n) is 4.41. The first-order valence-electron chi connectivity index (χ1n) is 9.57. The van der Waals surface area contributed by atoms with Crippen LogP contribution in [0.5, 0.6) is 0 Å². The molecule has 2 amide bonds. The molecular weight excluding hydrogens is 482 g/mol. The molecule has 0 spiro atoms. The van der Waals surface area contributed by atoms with Crippen molar-refractivity contribution in [1.29, 1.82) is 0 Å². The molecule has 0 aliphatic rings. The molecule has 0 fully saturated rings. The minimum absolute atomic E-state index is 0. The van der Waals surface area contributed by atoms with Gasteiger partial charge in [0.25, 0.3) is 5.91 Å². The van der Waals surface area contributed by atoms with E-state index in [0.717, 1.165) is 29.7 Å². The van der Waals surface area contributed by atoms with E-state index in [9.17, 15) is 37.0 Å². The molecule has 0 bridgehead atoms. The van der Waals surface area contributed by atoms with Crippen LogP contribution in [0.4, 0.5) is 13.9 Å². The SMILES string of the molecule is CC(=O)N[C@H](C)[C@@H](O)[C@H](O)[C@H](Cc1cc(F)cc(F)c1)NC(=O)c1csc(NS(C)(=O)=O)n1.[HH].[HH]. The summed E-state index contributed by atoms with van der Waals surface area (Å²) in [7, 11) is -3.62. The van der Waals surface area contributed by atoms with Crippen molar-refractivity contribution in [2.75, 3.05) is 11.0 Å². The maximum absolute atomic E-state index is 13.6. The van der Waals surface area contributed by atoms with Gasteiger partial charge in [-0.05, 0) is 31.0 Å². The van der Waals surface area contributed by atoms with Gasteiger partial charge in [-0.15, -0.1) is 11.3 Å². The summed E-state index contributed by atoms with van der Waals surface area (Å²) < 4.78 is 52.0. The number of carbonyl (C=O) groups is 2. The molecule has 14 heteroatoms. The van der Waals surface area contributed by atoms with Crippen LogP contribution in [-0.4, -0.2) is 66.0 Å². The second kappa shape index (κ2) is 11.0. The van der Waals surface area contributed by atoms with E-state index in [4.69, 9.17) is 0 Å². The van der Waals surface area contributed by atoms with Crippen molar-refractivity contribution in [3.63, 3.8) is 0 Å². The summed E-state index contributed by atoms with van der Waals surface area (Å²) in [6.45, 7) is 2.65. The summed E-state index contributed by atoms with van der Waals surface area (Å²) in [6.07, 6.45) is -2.56. The van der Waals surface area contributed by atoms with Crippen LogP contribution in [0.1, 0.15) is 32.8 Å². The number of halogens is 2. The van der Waals surface area contributed by atoms with Crippen molar-refractivity contribution in [3.8, 4) is 0 Å². The molecule has 4 atom stereocenters. The third kappa shape index (κ3) is 8.31. The topological polar surface area (TPSA) is 158 Å². The minimum atomic E-state index is -3.62. The van der Waals surface area contributed by atoms with Gasteiger partial charge in [-0.2, -0.15) is 0 Å². The van der Waals surface area contributed by atoms with Crippen molar-refractivity contribution in [2.24, 2.45) is 0 Å². The fourth-order valence-electron chi connectivity index (χ4n) is 3.01. The highest BCUT2D eigenvalue weighted by Gasteiger charge is 2.32. The van der Waals surface area contributed by atoms with Gasteiger partial charge in [0.05, 0.1) is 18.3 Å². The van der Waals surface area contributed by atoms with Crippen LogP contribution in [0.3, 0.4) is 0 Å². The highest BCUT2D eigenvalue weighted by Crippen LogP contribution is 2.18. The second-order valence-electron chi connectivity index (χ2n) is 7.44. The highest BCUT2D eigenvalue weighted by molar-refractivity contribution is 7.92. The van der Waals surface area contributed by atoms with E-state index in [1.54, 1.807) is 0 Å². The number of aromatic nitrogens is 1. The molecule has 0 radical (unpaired) electrons. The molecule has 186 valence electrons. The van der Waals surface area contributed by atoms with E-state index >= 15 is 0 Å². The zero-order valence-electron chi connectivity index (χ0n) is 17.9. The molecule has 33 heavy (non-hydrogen) atoms. The van der Waals surface area contributed by atoms with Crippen molar-refractivity contribution in [2.45, 2.75) is 44.6 Å². The van der Waals surface area contributed by atoms with Crippen LogP contribution < -0.4 is 15.4 Å². The number of sulfonamides is 1. The maximum atomic E-state index is 13.6. The molecule has 10 nitrogen and oxygen atoms in total. The lowest BCUT2D eigenvalue weighted by Gasteiger charge is -2.31. The van der Waals surface area contributed by atoms with Gasteiger partial charge >= 0.3 is 0 Å². The molecule has 1 heterocycles. The van der Waals surface area contributed by atoms with Gasteiger partial charge in [0.2, 0.25) is 15.9 Å². The minimum Gasteiger partial charge on any atom is -0.388 e. The fraction of sp³-hybridized carbons (Fsp3) is 0.421. The summed E-state index contributed by atoms with van der Waals surface area (Å²) in [6, 6.07) is 0.515. The standard InChI is InChI=1S/C19H24F2N4O6S2.2H2/c1-9(22-10(2)26)16(27)17(28)14(6-11-4-12(20)7-13(21)5-11)23-18(29)15-8-32-19(24-15)25-33(3,30)31;;/h4-5,7-9,14,16-17,27-28H,6H2,1-3H3,(H,22,26)(H,23,29)(H,24,25);2*1H/t9-,14+,16-,17-;;/m1../s1. The molecular formula is C19H28F2N4O6S2. The van der Waals surface area contributed by atoms with Gasteiger partial charge in [-0.25, -0.2) is 22.2 Å². The summed E-state index contributed by atoms with van der Waals surface area (Å²) in [5.74, 6) is -3.02. The third-order valence-corrected chi connectivity index (χ3v) is 5.86. The average molecular weight is 511 g/mol. The van der Waals surface area contributed by atoms with Crippen molar-refractivity contribution >= 4 is 38.3 Å². The van der Waals surface area contributed by atoms with Crippen LogP contribution in [0, 0.1) is 11.6 Å². The maximum Gasteiger partial charge on any atom is 0.271 e. The van der Waals surface area contributed by atoms with E-state index in [1.165, 1.54) is 19.2 Å². The number of benzene rings is 1. The molecule has 2 aromatic rings. The van der Waals surface area contributed by atoms with Gasteiger partial charge in [0.15, 0.2) is 5.13 Å². The smallest absolute Gasteiger partial charge is 0.271 e. The molecule has 1 aromatic carbocycles. The van der Waals surface area contributed by atoms with E-state index in [1.807, 2.05) is 0 Å². The Balaban J connectivity index is 0.00000578. The predicted molar refractivity (Wildman–Crippen MR) is 121 cm³/mol. The van der Waals surface area contributed by atoms with Crippen molar-refractivity contribution in [1.82, 2.24) is 15.6 Å². The number of hydrogen-bond donors (Lipinski definition) is 5. The van der Waals surface area contributed by atoms with E-state index in [0.29, 0.717) is 6.07 Å². The fourth-order valence-corrected chi connectivity index (χ4v) is 4.55. The summed E-state index contributed by atoms with van der Waals surface area (Å²) >= 11 is 0.845. The number of carbonyl (C=O) groups excluding carboxylic acids is 2. The van der Waals surface area contributed by atoms with Gasteiger partial charge in [0.1, 0.15) is 29.5 Å². The molecule has 0 aliphatic heterocycles. The van der Waals surface area contributed by atoms with Gasteiger partial charge in [-0.1, -0.05) is 0 Å². The molecule has 0 saturated heterocycles. The van der Waals surface area contributed by atoms with Crippen LogP contribution in [0.25, 0.3) is 0 Å². The second-order valence-corrected chi connectivity index (χ2v) is 10.1. The Morgan fingerprint density at radius 2 is 1.76 bits per heavy atom. The summed E-state index contributed by atoms with van der Waals surface area (Å²) in [4.78, 5) is 27.8. The predicted octanol–water partition coefficient (Wildman–Crippen LogP) is 0.872. The molecule has 0 unspecified atom stereocenters. The normalized spacial score (nSPS) is 15.2. The van der Waals surface area contributed by atoms with E-state index in [2.05, 4.69) is 20.3 Å². The van der Waals surface area contributed by atoms with E-state index < -0.39 is 57.8 Å². The number of thiazole rings is 1. The van der Waals surface area contributed by atoms with E-state index in [-0.39, 0.29) is 25.7 Å². The summed E-state index contributed by atoms with van der Waals surface area (Å²) in [5.41, 5.74) is -0.0906. The Bertz CT molecular complexity index is 1100. The number of aliphatic hydroxyl groups excluding tert-OH is 2. The van der Waals surface area contributed by atoms with Crippen molar-refractivity contribution < 1.29 is 39.9 Å². The first kappa shape index (κ1) is 26.6. The first-order valence-corrected chi connectivity index (χ1v) is 12.3. The number of aliphatic hydroxyl groups is 2. The Morgan fingerprint density at radius 1 is 1.15 bits per heavy atom. The number of rotatable bonds is 10. The van der Waals surface area contributed by atoms with Gasteiger partial charge in [-0.3, -0.25) is 14.3 Å². The number of nitrogens with one attached hydrogen (secondary N) is 3. The Morgan fingerprint density at radius 3 is 2.30 bits per heavy atom. The lowest BCUT2D eigenvalue weighted by molar-refractivity contribution is -0.121. The molecule has 0 aliphatic carbocycles. The Kier molecular flexibility index (Phi) is 8.82. The molecule has 2 rings (SSSR count). The lowest BCUT2D eigenvalue weighted by Crippen LogP contribution is -2.55. The largest absolute Gasteiger partial charge is 0.388 e. The monoisotopic (exact) mass is 510 g/mol. The van der Waals surface area contributed by atoms with Crippen LogP contribution in [-0.2, 0) is 21.2 Å². The molecule has 1 aromatic heterocycles. The lowest BCUT2D eigenvalue weighted by atomic mass is 9.94. The molecule has 5 N–H and O–H groups in total. The molecule has 0 saturated carbocycles. The summed E-state index contributed by atoms with van der Waals surface area (Å²) in [5, 5.41) is 27.2. The van der Waals surface area contributed by atoms with Gasteiger partial charge in [0, 0.05) is 21.2 Å². The number of hydrogen-bond acceptors (Lipinski definition) is 8. The highest BCUT2D eigenvalue weighted by atomic mass is 32.2. The zero-order valence-corrected chi connectivity index (χ0v) is 19.5. The van der Waals surface area contributed by atoms with Crippen molar-refractivity contribution in [3.05, 3.63) is 46.5 Å². The quantitative estimate of drug-likeness (QED) is 0.317. The Labute approximate surface area is 196 Å². The first-order chi connectivity index (χ1) is 15.2. The average Bonchev–Trinajstić information content (AvgIpc) is 3.11.